The Labute approximate surface area is 214 Å². The minimum Gasteiger partial charge on any atom is -0.483 e. The number of hydrogen-bond donors (Lipinski definition) is 1. The van der Waals surface area contributed by atoms with Crippen molar-refractivity contribution in [2.75, 3.05) is 41.4 Å². The Morgan fingerprint density at radius 3 is 2.66 bits per heavy atom. The number of ether oxygens (including phenoxy) is 1. The molecule has 1 saturated heterocycles. The molecule has 0 unspecified atom stereocenters. The molecular weight excluding hydrogens is 506 g/mol. The quantitative estimate of drug-likeness (QED) is 0.342. The van der Waals surface area contributed by atoms with E-state index in [1.54, 1.807) is 17.5 Å². The highest BCUT2D eigenvalue weighted by Crippen LogP contribution is 2.30. The van der Waals surface area contributed by atoms with Gasteiger partial charge < -0.3 is 15.0 Å². The third-order valence-corrected chi connectivity index (χ3v) is 7.94. The van der Waals surface area contributed by atoms with Gasteiger partial charge in [0.15, 0.2) is 12.3 Å². The smallest absolute Gasteiger partial charge is 0.262 e. The molecule has 7 nitrogen and oxygen atoms in total. The number of carbonyl (C=O) groups is 2. The number of nitrogens with one attached hydrogen (secondary N) is 1. The van der Waals surface area contributed by atoms with Crippen LogP contribution in [0.15, 0.2) is 47.8 Å². The second kappa shape index (κ2) is 11.0. The number of ketones is 1. The summed E-state index contributed by atoms with van der Waals surface area (Å²) in [5.41, 5.74) is 3.22. The van der Waals surface area contributed by atoms with Crippen molar-refractivity contribution < 1.29 is 18.5 Å². The van der Waals surface area contributed by atoms with E-state index in [-0.39, 0.29) is 29.6 Å². The Kier molecular flexibility index (Phi) is 7.86. The molecule has 2 heterocycles. The number of amides is 1. The average molecular weight is 528 g/mol. The van der Waals surface area contributed by atoms with Crippen LogP contribution in [0.3, 0.4) is 0 Å². The van der Waals surface area contributed by atoms with E-state index in [2.05, 4.69) is 15.1 Å². The number of nitrogens with zero attached hydrogens (tertiary/aromatic N) is 2. The number of carbonyl (C=O) groups excluding carboxylic acids is 2. The first kappa shape index (κ1) is 24.9. The second-order valence-electron chi connectivity index (χ2n) is 7.92. The highest BCUT2D eigenvalue weighted by atomic mass is 35.5. The van der Waals surface area contributed by atoms with E-state index in [1.807, 2.05) is 25.1 Å². The summed E-state index contributed by atoms with van der Waals surface area (Å²) < 4.78 is 17.3. The monoisotopic (exact) mass is 527 g/mol. The molecule has 10 heteroatoms. The molecule has 1 N–H and O–H groups in total. The fourth-order valence-electron chi connectivity index (χ4n) is 3.65. The topological polar surface area (TPSA) is 80.1 Å². The lowest BCUT2D eigenvalue weighted by atomic mass is 10.1. The SMILES string of the molecule is [C-]#[N+]c1csc(C(=O)c2cc(Cl)ccc2OCC(=O)Nc2ccc(N3CCS(=O)CC3)cc2C)c1. The minimum absolute atomic E-state index is 0.228. The number of rotatable bonds is 7. The van der Waals surface area contributed by atoms with Crippen molar-refractivity contribution in [2.45, 2.75) is 6.92 Å². The van der Waals surface area contributed by atoms with E-state index < -0.39 is 10.8 Å². The Balaban J connectivity index is 1.41. The molecule has 1 aliphatic heterocycles. The van der Waals surface area contributed by atoms with Crippen molar-refractivity contribution >= 4 is 62.5 Å². The molecule has 1 fully saturated rings. The molecule has 0 bridgehead atoms. The van der Waals surface area contributed by atoms with Crippen LogP contribution >= 0.6 is 22.9 Å². The molecule has 1 amide bonds. The van der Waals surface area contributed by atoms with Crippen molar-refractivity contribution in [3.8, 4) is 5.75 Å². The standard InChI is InChI=1S/C25H22ClN3O4S2/c1-16-11-19(29-7-9-35(32)10-8-29)4-5-21(16)28-24(30)14-33-22-6-3-17(26)12-20(22)25(31)23-13-18(27-2)15-34-23/h3-6,11-13,15H,7-10,14H2,1H3,(H,28,30). The lowest BCUT2D eigenvalue weighted by molar-refractivity contribution is -0.118. The molecule has 2 aromatic carbocycles. The molecule has 35 heavy (non-hydrogen) atoms. The zero-order valence-corrected chi connectivity index (χ0v) is 21.3. The van der Waals surface area contributed by atoms with Gasteiger partial charge in [-0.3, -0.25) is 13.8 Å². The highest BCUT2D eigenvalue weighted by Gasteiger charge is 2.19. The second-order valence-corrected chi connectivity index (χ2v) is 11.0. The molecule has 4 rings (SSSR count). The molecule has 3 aromatic rings. The van der Waals surface area contributed by atoms with Crippen LogP contribution in [-0.4, -0.2) is 47.1 Å². The van der Waals surface area contributed by atoms with Crippen molar-refractivity contribution in [3.63, 3.8) is 0 Å². The van der Waals surface area contributed by atoms with E-state index >= 15 is 0 Å². The van der Waals surface area contributed by atoms with E-state index in [0.29, 0.717) is 32.8 Å². The number of anilines is 2. The van der Waals surface area contributed by atoms with Crippen molar-refractivity contribution in [3.05, 3.63) is 80.3 Å². The molecular formula is C25H22ClN3O4S2. The third kappa shape index (κ3) is 6.09. The van der Waals surface area contributed by atoms with Crippen LogP contribution in [0.1, 0.15) is 20.8 Å². The molecule has 180 valence electrons. The summed E-state index contributed by atoms with van der Waals surface area (Å²) in [6.07, 6.45) is 0. The molecule has 1 aliphatic rings. The summed E-state index contributed by atoms with van der Waals surface area (Å²) >= 11 is 7.26. The minimum atomic E-state index is -0.739. The molecule has 0 saturated carbocycles. The van der Waals surface area contributed by atoms with Crippen LogP contribution in [0, 0.1) is 13.5 Å². The summed E-state index contributed by atoms with van der Waals surface area (Å²) in [4.78, 5) is 31.5. The van der Waals surface area contributed by atoms with Gasteiger partial charge in [-0.25, -0.2) is 4.85 Å². The maximum Gasteiger partial charge on any atom is 0.262 e. The van der Waals surface area contributed by atoms with E-state index in [9.17, 15) is 13.8 Å². The molecule has 0 spiro atoms. The lowest BCUT2D eigenvalue weighted by Gasteiger charge is -2.29. The average Bonchev–Trinajstić information content (AvgIpc) is 3.34. The molecule has 0 atom stereocenters. The van der Waals surface area contributed by atoms with Gasteiger partial charge in [-0.15, -0.1) is 0 Å². The Morgan fingerprint density at radius 2 is 1.97 bits per heavy atom. The summed E-state index contributed by atoms with van der Waals surface area (Å²) in [6, 6.07) is 11.9. The van der Waals surface area contributed by atoms with Crippen LogP contribution in [-0.2, 0) is 15.6 Å². The maximum atomic E-state index is 13.0. The zero-order chi connectivity index (χ0) is 24.9. The first-order valence-electron chi connectivity index (χ1n) is 10.8. The van der Waals surface area contributed by atoms with Crippen molar-refractivity contribution in [1.82, 2.24) is 0 Å². The normalized spacial score (nSPS) is 13.8. The van der Waals surface area contributed by atoms with Crippen LogP contribution in [0.2, 0.25) is 5.02 Å². The Morgan fingerprint density at radius 1 is 1.20 bits per heavy atom. The molecule has 0 radical (unpaired) electrons. The fraction of sp³-hybridized carbons (Fsp3) is 0.240. The Hall–Kier alpha value is -3.19. The van der Waals surface area contributed by atoms with Gasteiger partial charge in [-0.2, -0.15) is 11.3 Å². The van der Waals surface area contributed by atoms with Gasteiger partial charge in [0, 0.05) is 51.8 Å². The fourth-order valence-corrected chi connectivity index (χ4v) is 5.65. The van der Waals surface area contributed by atoms with Crippen molar-refractivity contribution in [2.24, 2.45) is 0 Å². The first-order valence-corrected chi connectivity index (χ1v) is 13.5. The van der Waals surface area contributed by atoms with Gasteiger partial charge in [0.2, 0.25) is 5.78 Å². The summed E-state index contributed by atoms with van der Waals surface area (Å²) in [6.45, 7) is 10.2. The lowest BCUT2D eigenvalue weighted by Crippen LogP contribution is -2.37. The first-order chi connectivity index (χ1) is 16.8. The van der Waals surface area contributed by atoms with Gasteiger partial charge in [0.25, 0.3) is 5.91 Å². The van der Waals surface area contributed by atoms with E-state index in [0.717, 1.165) is 24.3 Å². The molecule has 1 aromatic heterocycles. The number of halogens is 1. The number of aryl methyl sites for hydroxylation is 1. The number of benzene rings is 2. The number of thiophene rings is 1. The van der Waals surface area contributed by atoms with Crippen LogP contribution < -0.4 is 15.0 Å². The van der Waals surface area contributed by atoms with Gasteiger partial charge >= 0.3 is 0 Å². The summed E-state index contributed by atoms with van der Waals surface area (Å²) in [5, 5.41) is 4.82. The van der Waals surface area contributed by atoms with Gasteiger partial charge in [0.05, 0.1) is 17.0 Å². The predicted molar refractivity (Wildman–Crippen MR) is 141 cm³/mol. The van der Waals surface area contributed by atoms with Gasteiger partial charge in [-0.05, 0) is 60.3 Å². The van der Waals surface area contributed by atoms with Crippen LogP contribution in [0.5, 0.6) is 5.75 Å². The molecule has 0 aliphatic carbocycles. The van der Waals surface area contributed by atoms with Crippen LogP contribution in [0.4, 0.5) is 17.1 Å². The highest BCUT2D eigenvalue weighted by molar-refractivity contribution is 7.85. The number of hydrogen-bond acceptors (Lipinski definition) is 6. The van der Waals surface area contributed by atoms with E-state index in [1.165, 1.54) is 23.5 Å². The summed E-state index contributed by atoms with van der Waals surface area (Å²) in [5.74, 6) is 0.876. The largest absolute Gasteiger partial charge is 0.483 e. The maximum absolute atomic E-state index is 13.0. The van der Waals surface area contributed by atoms with Crippen LogP contribution in [0.25, 0.3) is 4.85 Å². The summed E-state index contributed by atoms with van der Waals surface area (Å²) in [7, 11) is -0.739. The van der Waals surface area contributed by atoms with Crippen molar-refractivity contribution in [1.29, 1.82) is 0 Å². The van der Waals surface area contributed by atoms with Gasteiger partial charge in [-0.1, -0.05) is 11.6 Å². The van der Waals surface area contributed by atoms with E-state index in [4.69, 9.17) is 22.9 Å². The Bertz CT molecular complexity index is 1340. The zero-order valence-electron chi connectivity index (χ0n) is 18.9. The third-order valence-electron chi connectivity index (χ3n) is 5.51. The van der Waals surface area contributed by atoms with Gasteiger partial charge in [0.1, 0.15) is 5.75 Å². The predicted octanol–water partition coefficient (Wildman–Crippen LogP) is 5.08.